The first-order chi connectivity index (χ1) is 15.5. The fraction of sp³-hybridized carbons (Fsp3) is 0.250. The van der Waals surface area contributed by atoms with Gasteiger partial charge < -0.3 is 14.8 Å². The fourth-order valence-electron chi connectivity index (χ4n) is 3.20. The minimum absolute atomic E-state index is 0.269. The third-order valence-electron chi connectivity index (χ3n) is 4.88. The van der Waals surface area contributed by atoms with Crippen LogP contribution in [-0.4, -0.2) is 37.9 Å². The highest BCUT2D eigenvalue weighted by atomic mass is 16.5. The zero-order valence-electron chi connectivity index (χ0n) is 18.1. The highest BCUT2D eigenvalue weighted by Crippen LogP contribution is 2.28. The molecule has 0 aliphatic rings. The van der Waals surface area contributed by atoms with E-state index in [0.29, 0.717) is 24.7 Å². The van der Waals surface area contributed by atoms with Crippen LogP contribution in [0.2, 0.25) is 0 Å². The number of rotatable bonds is 9. The summed E-state index contributed by atoms with van der Waals surface area (Å²) >= 11 is 0. The van der Waals surface area contributed by atoms with Crippen molar-refractivity contribution in [3.05, 3.63) is 78.9 Å². The van der Waals surface area contributed by atoms with E-state index in [1.54, 1.807) is 32.4 Å². The molecular formula is C24H25N5O3. The van der Waals surface area contributed by atoms with Crippen LogP contribution < -0.4 is 14.8 Å². The van der Waals surface area contributed by atoms with Crippen LogP contribution in [0.1, 0.15) is 19.5 Å². The molecule has 0 saturated heterocycles. The maximum atomic E-state index is 12.8. The summed E-state index contributed by atoms with van der Waals surface area (Å²) in [4.78, 5) is 20.9. The van der Waals surface area contributed by atoms with Gasteiger partial charge in [-0.05, 0) is 38.1 Å². The van der Waals surface area contributed by atoms with Crippen LogP contribution in [-0.2, 0) is 17.9 Å². The third kappa shape index (κ3) is 5.03. The van der Waals surface area contributed by atoms with Crippen LogP contribution in [0.5, 0.6) is 11.6 Å². The van der Waals surface area contributed by atoms with Gasteiger partial charge in [0.25, 0.3) is 5.91 Å². The molecule has 1 amide bonds. The molecule has 0 fully saturated rings. The van der Waals surface area contributed by atoms with Gasteiger partial charge in [0.1, 0.15) is 12.4 Å². The van der Waals surface area contributed by atoms with E-state index in [2.05, 4.69) is 20.4 Å². The molecule has 0 saturated carbocycles. The van der Waals surface area contributed by atoms with Crippen molar-refractivity contribution in [3.63, 3.8) is 0 Å². The highest BCUT2D eigenvalue weighted by molar-refractivity contribution is 5.87. The molecule has 0 aliphatic heterocycles. The molecule has 0 bridgehead atoms. The molecule has 32 heavy (non-hydrogen) atoms. The smallest absolute Gasteiger partial charge is 0.263 e. The van der Waals surface area contributed by atoms with E-state index < -0.39 is 5.60 Å². The Hall–Kier alpha value is -3.94. The van der Waals surface area contributed by atoms with Crippen LogP contribution in [0.3, 0.4) is 0 Å². The molecule has 1 N–H and O–H groups in total. The van der Waals surface area contributed by atoms with E-state index in [1.807, 2.05) is 59.3 Å². The van der Waals surface area contributed by atoms with E-state index in [-0.39, 0.29) is 12.5 Å². The largest absolute Gasteiger partial charge is 0.492 e. The minimum Gasteiger partial charge on any atom is -0.492 e. The Morgan fingerprint density at radius 1 is 1.06 bits per heavy atom. The normalized spacial score (nSPS) is 11.3. The first-order valence-electron chi connectivity index (χ1n) is 10.4. The number of aromatic nitrogens is 4. The molecule has 2 aromatic carbocycles. The Kier molecular flexibility index (Phi) is 6.30. The predicted molar refractivity (Wildman–Crippen MR) is 120 cm³/mol. The monoisotopic (exact) mass is 431 g/mol. The maximum Gasteiger partial charge on any atom is 0.263 e. The van der Waals surface area contributed by atoms with Crippen LogP contribution in [0, 0.1) is 0 Å². The molecule has 0 radical (unpaired) electrons. The average Bonchev–Trinajstić information content (AvgIpc) is 3.15. The second-order valence-electron chi connectivity index (χ2n) is 7.70. The molecule has 4 aromatic rings. The summed E-state index contributed by atoms with van der Waals surface area (Å²) < 4.78 is 13.7. The molecule has 2 heterocycles. The van der Waals surface area contributed by atoms with Crippen LogP contribution in [0.4, 0.5) is 0 Å². The lowest BCUT2D eigenvalue weighted by Crippen LogP contribution is -2.46. The van der Waals surface area contributed by atoms with Crippen LogP contribution in [0.25, 0.3) is 10.9 Å². The fourth-order valence-corrected chi connectivity index (χ4v) is 3.20. The lowest BCUT2D eigenvalue weighted by atomic mass is 10.1. The number of amides is 1. The van der Waals surface area contributed by atoms with Gasteiger partial charge in [-0.25, -0.2) is 0 Å². The Bertz CT molecular complexity index is 1180. The molecule has 0 aliphatic carbocycles. The van der Waals surface area contributed by atoms with E-state index in [4.69, 9.17) is 9.47 Å². The average molecular weight is 431 g/mol. The van der Waals surface area contributed by atoms with Gasteiger partial charge in [0.05, 0.1) is 35.9 Å². The van der Waals surface area contributed by atoms with Gasteiger partial charge in [0, 0.05) is 12.4 Å². The summed E-state index contributed by atoms with van der Waals surface area (Å²) in [6.07, 6.45) is 4.79. The number of ether oxygens (including phenoxy) is 2. The van der Waals surface area contributed by atoms with E-state index in [1.165, 1.54) is 0 Å². The zero-order valence-corrected chi connectivity index (χ0v) is 18.1. The molecule has 0 unspecified atom stereocenters. The number of hydrogen-bond acceptors (Lipinski definition) is 6. The lowest BCUT2D eigenvalue weighted by Gasteiger charge is -2.24. The first kappa shape index (κ1) is 21.3. The summed E-state index contributed by atoms with van der Waals surface area (Å²) in [6, 6.07) is 17.4. The van der Waals surface area contributed by atoms with Crippen molar-refractivity contribution in [2.45, 2.75) is 32.5 Å². The molecule has 164 valence electrons. The van der Waals surface area contributed by atoms with Gasteiger partial charge in [-0.1, -0.05) is 30.3 Å². The number of fused-ring (bicyclic) bond motifs is 1. The van der Waals surface area contributed by atoms with Crippen molar-refractivity contribution in [3.8, 4) is 11.6 Å². The summed E-state index contributed by atoms with van der Waals surface area (Å²) in [5.41, 5.74) is 0.449. The Labute approximate surface area is 186 Å². The topological polar surface area (TPSA) is 91.2 Å². The Morgan fingerprint density at radius 2 is 1.84 bits per heavy atom. The Balaban J connectivity index is 1.45. The molecule has 4 rings (SSSR count). The molecule has 0 atom stereocenters. The van der Waals surface area contributed by atoms with E-state index >= 15 is 0 Å². The summed E-state index contributed by atoms with van der Waals surface area (Å²) in [5.74, 6) is 0.940. The van der Waals surface area contributed by atoms with Gasteiger partial charge in [-0.2, -0.15) is 0 Å². The molecule has 8 nitrogen and oxygen atoms in total. The first-order valence-corrected chi connectivity index (χ1v) is 10.4. The second kappa shape index (κ2) is 9.47. The van der Waals surface area contributed by atoms with Gasteiger partial charge in [0.15, 0.2) is 5.60 Å². The summed E-state index contributed by atoms with van der Waals surface area (Å²) in [5, 5.41) is 8.30. The standard InChI is InChI=1S/C24H25N5O3/c1-24(2,23(30)27-17-18-16-25-12-13-26-18)32-22-20-10-6-7-11-21(20)29(28-22)14-15-31-19-8-4-3-5-9-19/h3-13,16H,14-15,17H2,1-2H3,(H,27,30). The Morgan fingerprint density at radius 3 is 2.62 bits per heavy atom. The van der Waals surface area contributed by atoms with Crippen molar-refractivity contribution in [2.24, 2.45) is 0 Å². The van der Waals surface area contributed by atoms with Gasteiger partial charge in [-0.15, -0.1) is 5.10 Å². The summed E-state index contributed by atoms with van der Waals surface area (Å²) in [6.45, 7) is 4.69. The van der Waals surface area contributed by atoms with E-state index in [0.717, 1.165) is 16.7 Å². The van der Waals surface area contributed by atoms with Crippen molar-refractivity contribution >= 4 is 16.8 Å². The highest BCUT2D eigenvalue weighted by Gasteiger charge is 2.31. The number of carbonyl (C=O) groups excluding carboxylic acids is 1. The predicted octanol–water partition coefficient (Wildman–Crippen LogP) is 3.38. The number of para-hydroxylation sites is 2. The number of nitrogens with one attached hydrogen (secondary N) is 1. The maximum absolute atomic E-state index is 12.8. The van der Waals surface area contributed by atoms with Crippen molar-refractivity contribution in [1.29, 1.82) is 0 Å². The number of benzene rings is 2. The van der Waals surface area contributed by atoms with Gasteiger partial charge in [-0.3, -0.25) is 19.4 Å². The van der Waals surface area contributed by atoms with Gasteiger partial charge in [0.2, 0.25) is 5.88 Å². The number of carbonyl (C=O) groups is 1. The third-order valence-corrected chi connectivity index (χ3v) is 4.88. The quantitative estimate of drug-likeness (QED) is 0.437. The minimum atomic E-state index is -1.13. The van der Waals surface area contributed by atoms with Crippen molar-refractivity contribution in [1.82, 2.24) is 25.1 Å². The molecule has 2 aromatic heterocycles. The van der Waals surface area contributed by atoms with Crippen LogP contribution >= 0.6 is 0 Å². The number of hydrogen-bond donors (Lipinski definition) is 1. The lowest BCUT2D eigenvalue weighted by molar-refractivity contribution is -0.134. The number of nitrogens with zero attached hydrogens (tertiary/aromatic N) is 4. The van der Waals surface area contributed by atoms with E-state index in [9.17, 15) is 4.79 Å². The van der Waals surface area contributed by atoms with Crippen molar-refractivity contribution in [2.75, 3.05) is 6.61 Å². The summed E-state index contributed by atoms with van der Waals surface area (Å²) in [7, 11) is 0. The molecular weight excluding hydrogens is 406 g/mol. The van der Waals surface area contributed by atoms with Crippen molar-refractivity contribution < 1.29 is 14.3 Å². The molecule has 8 heteroatoms. The SMILES string of the molecule is CC(C)(Oc1nn(CCOc2ccccc2)c2ccccc12)C(=O)NCc1cnccn1. The van der Waals surface area contributed by atoms with Gasteiger partial charge >= 0.3 is 0 Å². The second-order valence-corrected chi connectivity index (χ2v) is 7.70. The molecule has 0 spiro atoms. The van der Waals surface area contributed by atoms with Crippen LogP contribution in [0.15, 0.2) is 73.2 Å². The zero-order chi connectivity index (χ0) is 22.4.